The maximum atomic E-state index is 12.7. The van der Waals surface area contributed by atoms with Crippen LogP contribution in [0.1, 0.15) is 34.6 Å². The van der Waals surface area contributed by atoms with E-state index in [0.717, 1.165) is 0 Å². The van der Waals surface area contributed by atoms with E-state index in [2.05, 4.69) is 40.4 Å². The summed E-state index contributed by atoms with van der Waals surface area (Å²) in [7, 11) is -5.36. The lowest BCUT2D eigenvalue weighted by Crippen LogP contribution is -2.43. The van der Waals surface area contributed by atoms with Crippen molar-refractivity contribution >= 4 is 15.9 Å². The Balaban J connectivity index is 5.20. The van der Waals surface area contributed by atoms with Crippen molar-refractivity contribution in [3.63, 3.8) is 0 Å². The van der Waals surface area contributed by atoms with Gasteiger partial charge in [-0.2, -0.15) is 0 Å². The largest absolute Gasteiger partial charge is 0.400 e. The first-order valence-corrected chi connectivity index (χ1v) is 11.2. The minimum atomic E-state index is -3.30. The Bertz CT molecular complexity index is 326. The molecule has 0 rings (SSSR count). The maximum Gasteiger partial charge on any atom is 0.361 e. The van der Waals surface area contributed by atoms with Crippen LogP contribution in [0.5, 0.6) is 0 Å². The van der Waals surface area contributed by atoms with E-state index in [0.29, 0.717) is 13.2 Å². The molecule has 0 aromatic carbocycles. The van der Waals surface area contributed by atoms with Gasteiger partial charge in [0.05, 0.1) is 13.2 Å². The topological polar surface area (TPSA) is 44.8 Å². The standard InChI is InChI=1S/C13H29O4PSi/c1-9-12(17-19(7,8)13(4,5)6)18(14,15-10-2)16-11-3/h9,12H,1,10-11H2,2-8H3. The van der Waals surface area contributed by atoms with Crippen molar-refractivity contribution in [2.24, 2.45) is 0 Å². The van der Waals surface area contributed by atoms with Gasteiger partial charge >= 0.3 is 7.60 Å². The predicted octanol–water partition coefficient (Wildman–Crippen LogP) is 4.79. The number of hydrogen-bond donors (Lipinski definition) is 0. The first kappa shape index (κ1) is 19.1. The van der Waals surface area contributed by atoms with E-state index in [1.165, 1.54) is 6.08 Å². The first-order chi connectivity index (χ1) is 8.54. The predicted molar refractivity (Wildman–Crippen MR) is 83.1 cm³/mol. The third-order valence-corrected chi connectivity index (χ3v) is 10.2. The highest BCUT2D eigenvalue weighted by Gasteiger charge is 2.44. The summed E-state index contributed by atoms with van der Waals surface area (Å²) in [5.41, 5.74) is 0. The van der Waals surface area contributed by atoms with Crippen LogP contribution in [0, 0.1) is 0 Å². The van der Waals surface area contributed by atoms with Gasteiger partial charge in [0, 0.05) is 0 Å². The maximum absolute atomic E-state index is 12.7. The Morgan fingerprint density at radius 2 is 1.63 bits per heavy atom. The van der Waals surface area contributed by atoms with Crippen LogP contribution in [-0.4, -0.2) is 27.4 Å². The molecule has 6 heteroatoms. The molecule has 1 atom stereocenters. The summed E-state index contributed by atoms with van der Waals surface area (Å²) in [5, 5.41) is 0.0253. The van der Waals surface area contributed by atoms with E-state index >= 15 is 0 Å². The Kier molecular flexibility index (Phi) is 7.21. The molecule has 0 saturated carbocycles. The summed E-state index contributed by atoms with van der Waals surface area (Å²) in [6.07, 6.45) is 1.53. The lowest BCUT2D eigenvalue weighted by atomic mass is 10.2. The minimum Gasteiger partial charge on any atom is -0.400 e. The van der Waals surface area contributed by atoms with Crippen molar-refractivity contribution in [1.29, 1.82) is 0 Å². The zero-order chi connectivity index (χ0) is 15.3. The van der Waals surface area contributed by atoms with Crippen molar-refractivity contribution in [1.82, 2.24) is 0 Å². The van der Waals surface area contributed by atoms with E-state index in [9.17, 15) is 4.57 Å². The van der Waals surface area contributed by atoms with Crippen molar-refractivity contribution in [2.75, 3.05) is 13.2 Å². The van der Waals surface area contributed by atoms with E-state index < -0.39 is 21.8 Å². The molecule has 0 aromatic rings. The van der Waals surface area contributed by atoms with Gasteiger partial charge in [-0.05, 0) is 32.0 Å². The summed E-state index contributed by atoms with van der Waals surface area (Å²) < 4.78 is 29.5. The number of rotatable bonds is 8. The molecule has 0 saturated heterocycles. The second kappa shape index (κ2) is 7.18. The second-order valence-corrected chi connectivity index (χ2v) is 12.7. The average molecular weight is 308 g/mol. The summed E-state index contributed by atoms with van der Waals surface area (Å²) >= 11 is 0. The Hall–Kier alpha value is 0.0669. The van der Waals surface area contributed by atoms with E-state index in [1.807, 2.05) is 0 Å². The summed E-state index contributed by atoms with van der Waals surface area (Å²) in [6, 6.07) is 0. The molecule has 0 radical (unpaired) electrons. The van der Waals surface area contributed by atoms with Crippen LogP contribution in [-0.2, 0) is 18.0 Å². The Labute approximate surface area is 119 Å². The van der Waals surface area contributed by atoms with Crippen LogP contribution in [0.3, 0.4) is 0 Å². The monoisotopic (exact) mass is 308 g/mol. The minimum absolute atomic E-state index is 0.0253. The third kappa shape index (κ3) is 5.16. The van der Waals surface area contributed by atoms with Crippen molar-refractivity contribution in [3.8, 4) is 0 Å². The molecule has 114 valence electrons. The van der Waals surface area contributed by atoms with Gasteiger partial charge in [-0.15, -0.1) is 0 Å². The van der Waals surface area contributed by atoms with Gasteiger partial charge in [-0.25, -0.2) is 0 Å². The second-order valence-electron chi connectivity index (χ2n) is 5.88. The molecule has 0 N–H and O–H groups in total. The van der Waals surface area contributed by atoms with Crippen LogP contribution >= 0.6 is 7.60 Å². The Morgan fingerprint density at radius 3 is 1.89 bits per heavy atom. The van der Waals surface area contributed by atoms with Crippen molar-refractivity contribution < 1.29 is 18.0 Å². The fourth-order valence-electron chi connectivity index (χ4n) is 1.26. The van der Waals surface area contributed by atoms with Gasteiger partial charge in [0.25, 0.3) is 0 Å². The van der Waals surface area contributed by atoms with Gasteiger partial charge in [0.1, 0.15) is 0 Å². The number of hydrogen-bond acceptors (Lipinski definition) is 4. The van der Waals surface area contributed by atoms with Crippen LogP contribution in [0.2, 0.25) is 18.1 Å². The molecule has 1 unspecified atom stereocenters. The quantitative estimate of drug-likeness (QED) is 0.367. The van der Waals surface area contributed by atoms with E-state index in [-0.39, 0.29) is 5.04 Å². The molecule has 0 aliphatic heterocycles. The smallest absolute Gasteiger partial charge is 0.361 e. The molecular weight excluding hydrogens is 279 g/mol. The molecule has 19 heavy (non-hydrogen) atoms. The summed E-state index contributed by atoms with van der Waals surface area (Å²) in [5.74, 6) is -0.701. The van der Waals surface area contributed by atoms with Crippen LogP contribution in [0.4, 0.5) is 0 Å². The zero-order valence-electron chi connectivity index (χ0n) is 13.4. The normalized spacial score (nSPS) is 15.3. The Morgan fingerprint density at radius 1 is 1.21 bits per heavy atom. The van der Waals surface area contributed by atoms with Crippen LogP contribution < -0.4 is 0 Å². The zero-order valence-corrected chi connectivity index (χ0v) is 15.3. The molecule has 0 aliphatic carbocycles. The van der Waals surface area contributed by atoms with E-state index in [4.69, 9.17) is 13.5 Å². The van der Waals surface area contributed by atoms with Gasteiger partial charge in [0.2, 0.25) is 0 Å². The molecule has 0 heterocycles. The SMILES string of the molecule is C=CC(O[Si](C)(C)C(C)(C)C)P(=O)(OCC)OCC. The first-order valence-electron chi connectivity index (χ1n) is 6.73. The van der Waals surface area contributed by atoms with Crippen LogP contribution in [0.15, 0.2) is 12.7 Å². The van der Waals surface area contributed by atoms with Crippen LogP contribution in [0.25, 0.3) is 0 Å². The van der Waals surface area contributed by atoms with Gasteiger partial charge in [-0.1, -0.05) is 33.4 Å². The fraction of sp³-hybridized carbons (Fsp3) is 0.846. The van der Waals surface area contributed by atoms with Gasteiger partial charge in [-0.3, -0.25) is 4.57 Å². The summed E-state index contributed by atoms with van der Waals surface area (Å²) in [4.78, 5) is 0. The van der Waals surface area contributed by atoms with E-state index in [1.54, 1.807) is 13.8 Å². The highest BCUT2D eigenvalue weighted by molar-refractivity contribution is 7.54. The molecule has 4 nitrogen and oxygen atoms in total. The third-order valence-electron chi connectivity index (χ3n) is 3.35. The molecule has 0 aliphatic rings. The fourth-order valence-corrected chi connectivity index (χ4v) is 4.97. The highest BCUT2D eigenvalue weighted by Crippen LogP contribution is 2.55. The van der Waals surface area contributed by atoms with Gasteiger partial charge in [0.15, 0.2) is 14.2 Å². The molecular formula is C13H29O4PSi. The summed E-state index contributed by atoms with van der Waals surface area (Å²) in [6.45, 7) is 18.5. The lowest BCUT2D eigenvalue weighted by molar-refractivity contribution is 0.171. The van der Waals surface area contributed by atoms with Crippen molar-refractivity contribution in [3.05, 3.63) is 12.7 Å². The molecule has 0 spiro atoms. The molecule has 0 bridgehead atoms. The van der Waals surface area contributed by atoms with Crippen molar-refractivity contribution in [2.45, 2.75) is 58.6 Å². The highest BCUT2D eigenvalue weighted by atomic mass is 31.2. The lowest BCUT2D eigenvalue weighted by Gasteiger charge is -2.39. The van der Waals surface area contributed by atoms with Gasteiger partial charge < -0.3 is 13.5 Å². The molecule has 0 fully saturated rings. The average Bonchev–Trinajstić information content (AvgIpc) is 2.24. The molecule has 0 aromatic heterocycles. The molecule has 0 amide bonds.